The number of carbonyl (C=O) groups is 3. The summed E-state index contributed by atoms with van der Waals surface area (Å²) in [6.45, 7) is 7.91. The highest BCUT2D eigenvalue weighted by Crippen LogP contribution is 2.38. The number of epoxide rings is 1. The summed E-state index contributed by atoms with van der Waals surface area (Å²) in [5.74, 6) is -1.42. The second-order valence-electron chi connectivity index (χ2n) is 17.5. The molecule has 2 aliphatic rings. The Labute approximate surface area is 356 Å². The van der Waals surface area contributed by atoms with Gasteiger partial charge in [0.15, 0.2) is 0 Å². The molecule has 0 aromatic carbocycles. The van der Waals surface area contributed by atoms with E-state index < -0.39 is 36.5 Å². The molecule has 0 bridgehead atoms. The van der Waals surface area contributed by atoms with Gasteiger partial charge in [0.1, 0.15) is 25.4 Å². The summed E-state index contributed by atoms with van der Waals surface area (Å²) in [6, 6.07) is 0. The number of hydrogen-bond acceptors (Lipinski definition) is 12. The Morgan fingerprint density at radius 2 is 1.14 bits per heavy atom. The molecule has 0 aromatic rings. The molecule has 2 fully saturated rings. The maximum Gasteiger partial charge on any atom is 0.330 e. The van der Waals surface area contributed by atoms with E-state index in [0.717, 1.165) is 51.4 Å². The second kappa shape index (κ2) is 32.6. The molecule has 59 heavy (non-hydrogen) atoms. The average Bonchev–Trinajstić information content (AvgIpc) is 3.98. The van der Waals surface area contributed by atoms with Gasteiger partial charge in [0.05, 0.1) is 43.7 Å². The van der Waals surface area contributed by atoms with Crippen molar-refractivity contribution in [2.45, 2.75) is 231 Å². The summed E-state index contributed by atoms with van der Waals surface area (Å²) < 4.78 is 27.2. The highest BCUT2D eigenvalue weighted by atomic mass is 16.6. The number of esters is 3. The first-order valence-corrected chi connectivity index (χ1v) is 23.6. The minimum atomic E-state index is -1.08. The Morgan fingerprint density at radius 3 is 1.63 bits per heavy atom. The molecule has 0 spiro atoms. The van der Waals surface area contributed by atoms with Crippen molar-refractivity contribution < 1.29 is 58.5 Å². The Morgan fingerprint density at radius 1 is 0.661 bits per heavy atom. The van der Waals surface area contributed by atoms with E-state index in [0.29, 0.717) is 37.9 Å². The number of aliphatic hydroxyl groups is 4. The standard InChI is InChI=1S/C47H84O12/c1-5-6-7-8-9-10-11-12-13-14-15-16-17-20-23-26-42(50)57-33-39(49)34-58-43(51)27-24-21-18-19-22-25-28-55-44(52)30-35(2)29-40-46(54)45(53)38(32-56-40)31-41-47(59-41)36(3)37(4)48/h30,36-41,45-49,53-54H,5-29,31-34H2,1-4H3/b35-30+/t36-,37-,38-,39?,40-,41-,45+,46-,47-/m0/s1. The molecular formula is C47H84O12. The van der Waals surface area contributed by atoms with Crippen molar-refractivity contribution in [1.82, 2.24) is 0 Å². The third-order valence-corrected chi connectivity index (χ3v) is 11.9. The lowest BCUT2D eigenvalue weighted by Gasteiger charge is -2.38. The molecule has 0 saturated carbocycles. The predicted octanol–water partition coefficient (Wildman–Crippen LogP) is 8.22. The number of rotatable bonds is 36. The lowest BCUT2D eigenvalue weighted by Crippen LogP contribution is -2.50. The molecule has 2 heterocycles. The summed E-state index contributed by atoms with van der Waals surface area (Å²) in [5, 5.41) is 41.3. The van der Waals surface area contributed by atoms with Gasteiger partial charge >= 0.3 is 17.9 Å². The summed E-state index contributed by atoms with van der Waals surface area (Å²) in [5.41, 5.74) is 0.693. The smallest absolute Gasteiger partial charge is 0.330 e. The van der Waals surface area contributed by atoms with Crippen LogP contribution >= 0.6 is 0 Å². The van der Waals surface area contributed by atoms with Crippen LogP contribution in [0.5, 0.6) is 0 Å². The first-order chi connectivity index (χ1) is 28.4. The van der Waals surface area contributed by atoms with Crippen LogP contribution in [0.15, 0.2) is 11.6 Å². The minimum Gasteiger partial charge on any atom is -0.463 e. The minimum absolute atomic E-state index is 0.000746. The van der Waals surface area contributed by atoms with Crippen LogP contribution in [0.25, 0.3) is 0 Å². The Hall–Kier alpha value is -2.09. The normalized spacial score (nSPS) is 23.4. The fourth-order valence-corrected chi connectivity index (χ4v) is 7.79. The largest absolute Gasteiger partial charge is 0.463 e. The Bertz CT molecular complexity index is 1140. The molecule has 0 aliphatic carbocycles. The zero-order chi connectivity index (χ0) is 43.3. The van der Waals surface area contributed by atoms with Gasteiger partial charge in [0, 0.05) is 30.8 Å². The van der Waals surface area contributed by atoms with E-state index in [1.165, 1.54) is 83.1 Å². The third kappa shape index (κ3) is 25.4. The lowest BCUT2D eigenvalue weighted by molar-refractivity contribution is -0.165. The molecule has 0 amide bonds. The van der Waals surface area contributed by atoms with Crippen molar-refractivity contribution in [3.8, 4) is 0 Å². The van der Waals surface area contributed by atoms with E-state index in [4.69, 9.17) is 23.7 Å². The van der Waals surface area contributed by atoms with Crippen molar-refractivity contribution in [2.75, 3.05) is 26.4 Å². The number of carbonyl (C=O) groups excluding carboxylic acids is 3. The number of aliphatic hydroxyl groups excluding tert-OH is 4. The maximum atomic E-state index is 12.3. The summed E-state index contributed by atoms with van der Waals surface area (Å²) in [7, 11) is 0. The van der Waals surface area contributed by atoms with E-state index in [1.807, 2.05) is 6.92 Å². The second-order valence-corrected chi connectivity index (χ2v) is 17.5. The van der Waals surface area contributed by atoms with Gasteiger partial charge in [0.25, 0.3) is 0 Å². The SMILES string of the molecule is CCCCCCCCCCCCCCCCCC(=O)OCC(O)COC(=O)CCCCCCCCOC(=O)/C=C(\C)C[C@@H]1OC[C@H](C[C@@H]2O[C@H]2[C@@H](C)[C@H](C)O)[C@@H](O)[C@H]1O. The molecule has 2 rings (SSSR count). The van der Waals surface area contributed by atoms with Gasteiger partial charge in [-0.2, -0.15) is 0 Å². The van der Waals surface area contributed by atoms with Gasteiger partial charge in [-0.3, -0.25) is 9.59 Å². The third-order valence-electron chi connectivity index (χ3n) is 11.9. The van der Waals surface area contributed by atoms with Gasteiger partial charge in [0.2, 0.25) is 0 Å². The quantitative estimate of drug-likeness (QED) is 0.0156. The Kier molecular flexibility index (Phi) is 29.3. The van der Waals surface area contributed by atoms with Crippen LogP contribution in [0.3, 0.4) is 0 Å². The molecule has 12 nitrogen and oxygen atoms in total. The number of ether oxygens (including phenoxy) is 5. The van der Waals surface area contributed by atoms with Crippen LogP contribution in [0.1, 0.15) is 188 Å². The van der Waals surface area contributed by atoms with Gasteiger partial charge in [-0.05, 0) is 46.0 Å². The lowest BCUT2D eigenvalue weighted by atomic mass is 9.85. The first kappa shape index (κ1) is 53.0. The van der Waals surface area contributed by atoms with Crippen LogP contribution in [-0.4, -0.2) is 107 Å². The zero-order valence-electron chi connectivity index (χ0n) is 37.3. The monoisotopic (exact) mass is 841 g/mol. The molecule has 344 valence electrons. The van der Waals surface area contributed by atoms with E-state index in [1.54, 1.807) is 13.8 Å². The van der Waals surface area contributed by atoms with Gasteiger partial charge in [-0.15, -0.1) is 0 Å². The summed E-state index contributed by atoms with van der Waals surface area (Å²) in [6.07, 6.45) is 22.6. The van der Waals surface area contributed by atoms with Gasteiger partial charge in [-0.25, -0.2) is 4.79 Å². The van der Waals surface area contributed by atoms with E-state index >= 15 is 0 Å². The molecule has 2 aliphatic heterocycles. The molecule has 2 saturated heterocycles. The van der Waals surface area contributed by atoms with Crippen molar-refractivity contribution in [3.05, 3.63) is 11.6 Å². The van der Waals surface area contributed by atoms with Crippen molar-refractivity contribution in [1.29, 1.82) is 0 Å². The fraction of sp³-hybridized carbons (Fsp3) is 0.894. The van der Waals surface area contributed by atoms with Crippen LogP contribution < -0.4 is 0 Å². The number of unbranched alkanes of at least 4 members (excludes halogenated alkanes) is 19. The molecule has 1 unspecified atom stereocenters. The van der Waals surface area contributed by atoms with Crippen LogP contribution in [0, 0.1) is 11.8 Å². The van der Waals surface area contributed by atoms with Gasteiger partial charge in [-0.1, -0.05) is 135 Å². The van der Waals surface area contributed by atoms with Crippen LogP contribution in [0.2, 0.25) is 0 Å². The average molecular weight is 841 g/mol. The van der Waals surface area contributed by atoms with Crippen molar-refractivity contribution in [2.24, 2.45) is 11.8 Å². The van der Waals surface area contributed by atoms with Crippen molar-refractivity contribution >= 4 is 17.9 Å². The first-order valence-electron chi connectivity index (χ1n) is 23.6. The molecule has 0 radical (unpaired) electrons. The van der Waals surface area contributed by atoms with Gasteiger partial charge < -0.3 is 44.1 Å². The van der Waals surface area contributed by atoms with E-state index in [-0.39, 0.29) is 62.2 Å². The molecule has 4 N–H and O–H groups in total. The highest BCUT2D eigenvalue weighted by molar-refractivity contribution is 5.82. The summed E-state index contributed by atoms with van der Waals surface area (Å²) >= 11 is 0. The van der Waals surface area contributed by atoms with E-state index in [9.17, 15) is 34.8 Å². The highest BCUT2D eigenvalue weighted by Gasteiger charge is 2.48. The van der Waals surface area contributed by atoms with Crippen LogP contribution in [-0.2, 0) is 38.1 Å². The molecule has 0 aromatic heterocycles. The molecule has 9 atom stereocenters. The molecular weight excluding hydrogens is 757 g/mol. The van der Waals surface area contributed by atoms with Crippen molar-refractivity contribution in [3.63, 3.8) is 0 Å². The zero-order valence-corrected chi connectivity index (χ0v) is 37.3. The topological polar surface area (TPSA) is 182 Å². The fourth-order valence-electron chi connectivity index (χ4n) is 7.79. The van der Waals surface area contributed by atoms with E-state index in [2.05, 4.69) is 6.92 Å². The van der Waals surface area contributed by atoms with Crippen LogP contribution in [0.4, 0.5) is 0 Å². The summed E-state index contributed by atoms with van der Waals surface area (Å²) in [4.78, 5) is 36.4. The molecule has 12 heteroatoms. The Balaban J connectivity index is 1.37. The predicted molar refractivity (Wildman–Crippen MR) is 228 cm³/mol. The number of hydrogen-bond donors (Lipinski definition) is 4. The maximum absolute atomic E-state index is 12.3.